The summed E-state index contributed by atoms with van der Waals surface area (Å²) in [5.41, 5.74) is 1.32. The molecule has 1 aromatic carbocycles. The largest absolute Gasteiger partial charge is 0.412 e. The highest BCUT2D eigenvalue weighted by Gasteiger charge is 1.97. The molecule has 0 atom stereocenters. The SMILES string of the molecule is CCN(CC)c1ccccc1.O. The molecule has 1 rings (SSSR count). The van der Waals surface area contributed by atoms with Gasteiger partial charge in [-0.05, 0) is 26.0 Å². The Hall–Kier alpha value is -1.02. The first-order valence-corrected chi connectivity index (χ1v) is 4.18. The number of hydrogen-bond donors (Lipinski definition) is 0. The molecule has 68 valence electrons. The van der Waals surface area contributed by atoms with Crippen LogP contribution >= 0.6 is 0 Å². The summed E-state index contributed by atoms with van der Waals surface area (Å²) >= 11 is 0. The molecular weight excluding hydrogens is 150 g/mol. The van der Waals surface area contributed by atoms with E-state index in [0.29, 0.717) is 0 Å². The minimum atomic E-state index is 0. The quantitative estimate of drug-likeness (QED) is 0.674. The highest BCUT2D eigenvalue weighted by atomic mass is 16.0. The Morgan fingerprint density at radius 3 is 1.92 bits per heavy atom. The van der Waals surface area contributed by atoms with E-state index in [1.807, 2.05) is 6.07 Å². The van der Waals surface area contributed by atoms with Crippen LogP contribution in [-0.2, 0) is 0 Å². The van der Waals surface area contributed by atoms with E-state index in [1.54, 1.807) is 0 Å². The normalized spacial score (nSPS) is 8.83. The van der Waals surface area contributed by atoms with Gasteiger partial charge in [-0.3, -0.25) is 0 Å². The topological polar surface area (TPSA) is 34.7 Å². The maximum absolute atomic E-state index is 2.33. The lowest BCUT2D eigenvalue weighted by molar-refractivity contribution is 0.824. The van der Waals surface area contributed by atoms with Crippen molar-refractivity contribution >= 4 is 5.69 Å². The number of nitrogens with zero attached hydrogens (tertiary/aromatic N) is 1. The van der Waals surface area contributed by atoms with E-state index in [1.165, 1.54) is 5.69 Å². The molecule has 2 heteroatoms. The molecule has 2 nitrogen and oxygen atoms in total. The van der Waals surface area contributed by atoms with Crippen LogP contribution in [0.5, 0.6) is 0 Å². The molecule has 0 radical (unpaired) electrons. The van der Waals surface area contributed by atoms with Gasteiger partial charge in [0.15, 0.2) is 0 Å². The third kappa shape index (κ3) is 2.55. The predicted octanol–water partition coefficient (Wildman–Crippen LogP) is 1.71. The lowest BCUT2D eigenvalue weighted by atomic mass is 10.3. The van der Waals surface area contributed by atoms with Gasteiger partial charge in [-0.25, -0.2) is 0 Å². The summed E-state index contributed by atoms with van der Waals surface area (Å²) < 4.78 is 0. The van der Waals surface area contributed by atoms with Gasteiger partial charge in [0, 0.05) is 18.8 Å². The molecule has 0 bridgehead atoms. The zero-order chi connectivity index (χ0) is 8.10. The molecule has 0 heterocycles. The van der Waals surface area contributed by atoms with Crippen LogP contribution in [0, 0.1) is 0 Å². The van der Waals surface area contributed by atoms with Crippen molar-refractivity contribution in [1.29, 1.82) is 0 Å². The fraction of sp³-hybridized carbons (Fsp3) is 0.400. The number of rotatable bonds is 3. The molecule has 0 aliphatic heterocycles. The Balaban J connectivity index is 0.00000121. The summed E-state index contributed by atoms with van der Waals surface area (Å²) in [4.78, 5) is 2.33. The van der Waals surface area contributed by atoms with Gasteiger partial charge in [0.1, 0.15) is 0 Å². The number of para-hydroxylation sites is 1. The summed E-state index contributed by atoms with van der Waals surface area (Å²) in [5, 5.41) is 0. The Kier molecular flexibility index (Phi) is 5.13. The van der Waals surface area contributed by atoms with Crippen molar-refractivity contribution in [2.75, 3.05) is 18.0 Å². The molecule has 0 saturated heterocycles. The average molecular weight is 167 g/mol. The van der Waals surface area contributed by atoms with Crippen molar-refractivity contribution < 1.29 is 5.48 Å². The zero-order valence-corrected chi connectivity index (χ0v) is 7.75. The van der Waals surface area contributed by atoms with Crippen LogP contribution in [0.15, 0.2) is 30.3 Å². The first kappa shape index (κ1) is 11.0. The maximum Gasteiger partial charge on any atom is 0.0365 e. The van der Waals surface area contributed by atoms with Gasteiger partial charge in [0.25, 0.3) is 0 Å². The molecule has 0 fully saturated rings. The van der Waals surface area contributed by atoms with Gasteiger partial charge >= 0.3 is 0 Å². The van der Waals surface area contributed by atoms with Gasteiger partial charge in [0.05, 0.1) is 0 Å². The second kappa shape index (κ2) is 5.61. The highest BCUT2D eigenvalue weighted by Crippen LogP contribution is 2.11. The molecule has 0 unspecified atom stereocenters. The Labute approximate surface area is 74.1 Å². The molecule has 0 aromatic heterocycles. The lowest BCUT2D eigenvalue weighted by Gasteiger charge is -2.20. The summed E-state index contributed by atoms with van der Waals surface area (Å²) in [5.74, 6) is 0. The monoisotopic (exact) mass is 167 g/mol. The fourth-order valence-corrected chi connectivity index (χ4v) is 1.23. The van der Waals surface area contributed by atoms with Crippen LogP contribution in [0.3, 0.4) is 0 Å². The Bertz CT molecular complexity index is 194. The van der Waals surface area contributed by atoms with Crippen molar-refractivity contribution in [2.45, 2.75) is 13.8 Å². The van der Waals surface area contributed by atoms with Crippen LogP contribution in [0.1, 0.15) is 13.8 Å². The number of anilines is 1. The maximum atomic E-state index is 2.33. The van der Waals surface area contributed by atoms with Crippen molar-refractivity contribution in [3.8, 4) is 0 Å². The van der Waals surface area contributed by atoms with Gasteiger partial charge in [-0.15, -0.1) is 0 Å². The average Bonchev–Trinajstić information content (AvgIpc) is 2.09. The first-order valence-electron chi connectivity index (χ1n) is 4.18. The third-order valence-electron chi connectivity index (χ3n) is 1.88. The standard InChI is InChI=1S/C10H15N.H2O/c1-3-11(4-2)10-8-6-5-7-9-10;/h5-9H,3-4H2,1-2H3;1H2. The van der Waals surface area contributed by atoms with Gasteiger partial charge < -0.3 is 10.4 Å². The van der Waals surface area contributed by atoms with E-state index in [0.717, 1.165) is 13.1 Å². The zero-order valence-electron chi connectivity index (χ0n) is 7.75. The third-order valence-corrected chi connectivity index (χ3v) is 1.88. The van der Waals surface area contributed by atoms with Gasteiger partial charge in [-0.2, -0.15) is 0 Å². The van der Waals surface area contributed by atoms with Crippen LogP contribution in [0.4, 0.5) is 5.69 Å². The second-order valence-corrected chi connectivity index (χ2v) is 2.51. The van der Waals surface area contributed by atoms with Crippen molar-refractivity contribution in [3.63, 3.8) is 0 Å². The molecule has 0 aliphatic rings. The fourth-order valence-electron chi connectivity index (χ4n) is 1.23. The summed E-state index contributed by atoms with van der Waals surface area (Å²) in [6.07, 6.45) is 0. The Morgan fingerprint density at radius 2 is 1.50 bits per heavy atom. The molecular formula is C10H17NO. The summed E-state index contributed by atoms with van der Waals surface area (Å²) in [6, 6.07) is 10.5. The van der Waals surface area contributed by atoms with E-state index < -0.39 is 0 Å². The summed E-state index contributed by atoms with van der Waals surface area (Å²) in [7, 11) is 0. The van der Waals surface area contributed by atoms with Gasteiger partial charge in [0.2, 0.25) is 0 Å². The van der Waals surface area contributed by atoms with Crippen LogP contribution in [0.2, 0.25) is 0 Å². The van der Waals surface area contributed by atoms with Crippen molar-refractivity contribution in [2.24, 2.45) is 0 Å². The van der Waals surface area contributed by atoms with E-state index in [-0.39, 0.29) is 5.48 Å². The summed E-state index contributed by atoms with van der Waals surface area (Å²) in [6.45, 7) is 6.52. The molecule has 0 aliphatic carbocycles. The molecule has 0 spiro atoms. The highest BCUT2D eigenvalue weighted by molar-refractivity contribution is 5.45. The smallest absolute Gasteiger partial charge is 0.0365 e. The minimum Gasteiger partial charge on any atom is -0.412 e. The van der Waals surface area contributed by atoms with Crippen LogP contribution in [0.25, 0.3) is 0 Å². The van der Waals surface area contributed by atoms with E-state index >= 15 is 0 Å². The molecule has 0 amide bonds. The van der Waals surface area contributed by atoms with Crippen LogP contribution < -0.4 is 4.90 Å². The first-order chi connectivity index (χ1) is 5.38. The molecule has 1 aromatic rings. The van der Waals surface area contributed by atoms with E-state index in [4.69, 9.17) is 0 Å². The van der Waals surface area contributed by atoms with E-state index in [9.17, 15) is 0 Å². The minimum absolute atomic E-state index is 0. The van der Waals surface area contributed by atoms with E-state index in [2.05, 4.69) is 43.0 Å². The molecule has 12 heavy (non-hydrogen) atoms. The Morgan fingerprint density at radius 1 is 1.00 bits per heavy atom. The number of benzene rings is 1. The second-order valence-electron chi connectivity index (χ2n) is 2.51. The van der Waals surface area contributed by atoms with Gasteiger partial charge in [-0.1, -0.05) is 18.2 Å². The van der Waals surface area contributed by atoms with Crippen LogP contribution in [-0.4, -0.2) is 18.6 Å². The lowest BCUT2D eigenvalue weighted by Crippen LogP contribution is -2.21. The van der Waals surface area contributed by atoms with Crippen molar-refractivity contribution in [3.05, 3.63) is 30.3 Å². The molecule has 2 N–H and O–H groups in total. The predicted molar refractivity (Wildman–Crippen MR) is 53.6 cm³/mol. The molecule has 0 saturated carbocycles. The van der Waals surface area contributed by atoms with Crippen molar-refractivity contribution in [1.82, 2.24) is 0 Å². The number of hydrogen-bond acceptors (Lipinski definition) is 1.